The van der Waals surface area contributed by atoms with Gasteiger partial charge in [-0.1, -0.05) is 30.3 Å². The third-order valence-corrected chi connectivity index (χ3v) is 2.78. The predicted octanol–water partition coefficient (Wildman–Crippen LogP) is -0.494. The first-order chi connectivity index (χ1) is 8.22. The second-order valence-corrected chi connectivity index (χ2v) is 3.92. The molecule has 1 heterocycles. The molecule has 0 spiro atoms. The maximum Gasteiger partial charge on any atom is 0.245 e. The zero-order valence-corrected chi connectivity index (χ0v) is 9.30. The van der Waals surface area contributed by atoms with E-state index in [1.165, 1.54) is 4.90 Å². The first-order valence-corrected chi connectivity index (χ1v) is 5.44. The summed E-state index contributed by atoms with van der Waals surface area (Å²) in [4.78, 5) is 24.6. The van der Waals surface area contributed by atoms with E-state index in [2.05, 4.69) is 5.32 Å². The van der Waals surface area contributed by atoms with Crippen molar-refractivity contribution in [3.8, 4) is 0 Å². The number of amides is 2. The number of hydrogen-bond acceptors (Lipinski definition) is 3. The van der Waals surface area contributed by atoms with Gasteiger partial charge in [0.05, 0.1) is 13.2 Å². The summed E-state index contributed by atoms with van der Waals surface area (Å²) in [5.41, 5.74) is 0.939. The molecular weight excluding hydrogens is 220 g/mol. The van der Waals surface area contributed by atoms with Crippen LogP contribution in [0.2, 0.25) is 0 Å². The molecule has 2 N–H and O–H groups in total. The molecule has 1 fully saturated rings. The first kappa shape index (κ1) is 11.6. The van der Waals surface area contributed by atoms with E-state index in [4.69, 9.17) is 0 Å². The van der Waals surface area contributed by atoms with Crippen molar-refractivity contribution in [3.05, 3.63) is 35.9 Å². The van der Waals surface area contributed by atoms with Gasteiger partial charge >= 0.3 is 0 Å². The number of piperazine rings is 1. The van der Waals surface area contributed by atoms with Crippen LogP contribution in [0.1, 0.15) is 5.56 Å². The average molecular weight is 234 g/mol. The summed E-state index contributed by atoms with van der Waals surface area (Å²) in [5, 5.41) is 11.6. The molecule has 17 heavy (non-hydrogen) atoms. The number of aliphatic hydroxyl groups excluding tert-OH is 1. The summed E-state index contributed by atoms with van der Waals surface area (Å²) in [6.07, 6.45) is 0. The minimum atomic E-state index is -0.781. The van der Waals surface area contributed by atoms with Crippen LogP contribution >= 0.6 is 0 Å². The number of carbonyl (C=O) groups is 2. The van der Waals surface area contributed by atoms with E-state index in [1.807, 2.05) is 30.3 Å². The number of nitrogens with zero attached hydrogens (tertiary/aromatic N) is 1. The van der Waals surface area contributed by atoms with E-state index in [9.17, 15) is 14.7 Å². The smallest absolute Gasteiger partial charge is 0.245 e. The lowest BCUT2D eigenvalue weighted by molar-refractivity contribution is -0.147. The summed E-state index contributed by atoms with van der Waals surface area (Å²) < 4.78 is 0. The Morgan fingerprint density at radius 1 is 1.29 bits per heavy atom. The monoisotopic (exact) mass is 234 g/mol. The van der Waals surface area contributed by atoms with E-state index in [1.54, 1.807) is 0 Å². The number of nitrogens with one attached hydrogen (secondary N) is 1. The van der Waals surface area contributed by atoms with Crippen LogP contribution in [0.4, 0.5) is 0 Å². The van der Waals surface area contributed by atoms with Gasteiger partial charge in [-0.25, -0.2) is 0 Å². The normalized spacial score (nSPS) is 20.3. The standard InChI is InChI=1S/C12H14N2O3/c15-8-10-12(17)13-6-11(16)14(10)7-9-4-2-1-3-5-9/h1-5,10,15H,6-8H2,(H,13,17)/t10-/m1/s1. The zero-order valence-electron chi connectivity index (χ0n) is 9.30. The average Bonchev–Trinajstić information content (AvgIpc) is 2.35. The number of aliphatic hydroxyl groups is 1. The molecule has 1 aromatic carbocycles. The molecule has 0 bridgehead atoms. The van der Waals surface area contributed by atoms with Crippen molar-refractivity contribution in [2.24, 2.45) is 0 Å². The van der Waals surface area contributed by atoms with Crippen molar-refractivity contribution in [3.63, 3.8) is 0 Å². The topological polar surface area (TPSA) is 69.6 Å². The number of benzene rings is 1. The van der Waals surface area contributed by atoms with Crippen LogP contribution in [0.3, 0.4) is 0 Å². The number of hydrogen-bond donors (Lipinski definition) is 2. The zero-order chi connectivity index (χ0) is 12.3. The van der Waals surface area contributed by atoms with Gasteiger partial charge in [0.1, 0.15) is 6.04 Å². The molecule has 1 aliphatic rings. The van der Waals surface area contributed by atoms with Crippen LogP contribution in [-0.2, 0) is 16.1 Å². The summed E-state index contributed by atoms with van der Waals surface area (Å²) in [7, 11) is 0. The summed E-state index contributed by atoms with van der Waals surface area (Å²) in [6, 6.07) is 8.62. The van der Waals surface area contributed by atoms with Gasteiger partial charge < -0.3 is 15.3 Å². The summed E-state index contributed by atoms with van der Waals surface area (Å²) in [6.45, 7) is -0.00903. The van der Waals surface area contributed by atoms with E-state index < -0.39 is 6.04 Å². The molecule has 5 nitrogen and oxygen atoms in total. The Hall–Kier alpha value is -1.88. The van der Waals surface area contributed by atoms with Gasteiger partial charge in [-0.15, -0.1) is 0 Å². The van der Waals surface area contributed by atoms with Crippen molar-refractivity contribution in [1.82, 2.24) is 10.2 Å². The number of rotatable bonds is 3. The number of carbonyl (C=O) groups excluding carboxylic acids is 2. The highest BCUT2D eigenvalue weighted by molar-refractivity contribution is 5.94. The fraction of sp³-hybridized carbons (Fsp3) is 0.333. The lowest BCUT2D eigenvalue weighted by Gasteiger charge is -2.33. The van der Waals surface area contributed by atoms with E-state index in [0.29, 0.717) is 6.54 Å². The highest BCUT2D eigenvalue weighted by atomic mass is 16.3. The molecule has 90 valence electrons. The summed E-state index contributed by atoms with van der Waals surface area (Å²) in [5.74, 6) is -0.476. The van der Waals surface area contributed by atoms with Crippen LogP contribution in [0, 0.1) is 0 Å². The second kappa shape index (κ2) is 4.97. The first-order valence-electron chi connectivity index (χ1n) is 5.44. The fourth-order valence-corrected chi connectivity index (χ4v) is 1.86. The maximum absolute atomic E-state index is 11.7. The Kier molecular flexibility index (Phi) is 3.39. The van der Waals surface area contributed by atoms with Crippen molar-refractivity contribution in [1.29, 1.82) is 0 Å². The van der Waals surface area contributed by atoms with Crippen LogP contribution in [0.15, 0.2) is 30.3 Å². The highest BCUT2D eigenvalue weighted by Crippen LogP contribution is 2.11. The molecule has 0 unspecified atom stereocenters. The van der Waals surface area contributed by atoms with Gasteiger partial charge in [-0.2, -0.15) is 0 Å². The van der Waals surface area contributed by atoms with E-state index in [-0.39, 0.29) is 25.0 Å². The Labute approximate surface area is 99.0 Å². The molecule has 2 rings (SSSR count). The lowest BCUT2D eigenvalue weighted by Crippen LogP contribution is -2.59. The largest absolute Gasteiger partial charge is 0.394 e. The van der Waals surface area contributed by atoms with Gasteiger partial charge in [-0.05, 0) is 5.56 Å². The van der Waals surface area contributed by atoms with E-state index >= 15 is 0 Å². The third kappa shape index (κ3) is 2.45. The van der Waals surface area contributed by atoms with Crippen LogP contribution in [0.25, 0.3) is 0 Å². The van der Waals surface area contributed by atoms with Gasteiger partial charge in [-0.3, -0.25) is 9.59 Å². The quantitative estimate of drug-likeness (QED) is 0.741. The molecular formula is C12H14N2O3. The second-order valence-electron chi connectivity index (χ2n) is 3.92. The van der Waals surface area contributed by atoms with Crippen molar-refractivity contribution >= 4 is 11.8 Å². The molecule has 1 saturated heterocycles. The van der Waals surface area contributed by atoms with Crippen molar-refractivity contribution < 1.29 is 14.7 Å². The van der Waals surface area contributed by atoms with Crippen LogP contribution in [-0.4, -0.2) is 41.0 Å². The lowest BCUT2D eigenvalue weighted by atomic mass is 10.1. The van der Waals surface area contributed by atoms with Gasteiger partial charge in [0.15, 0.2) is 0 Å². The Bertz CT molecular complexity index is 419. The maximum atomic E-state index is 11.7. The molecule has 2 amide bonds. The molecule has 5 heteroatoms. The SMILES string of the molecule is O=C1NCC(=O)N(Cc2ccccc2)[C@@H]1CO. The molecule has 1 aromatic rings. The van der Waals surface area contributed by atoms with Crippen LogP contribution in [0.5, 0.6) is 0 Å². The van der Waals surface area contributed by atoms with Gasteiger partial charge in [0.2, 0.25) is 11.8 Å². The minimum Gasteiger partial charge on any atom is -0.394 e. The molecule has 0 aliphatic carbocycles. The van der Waals surface area contributed by atoms with Crippen LogP contribution < -0.4 is 5.32 Å². The summed E-state index contributed by atoms with van der Waals surface area (Å²) >= 11 is 0. The molecule has 1 aliphatic heterocycles. The molecule has 1 atom stereocenters. The van der Waals surface area contributed by atoms with Crippen molar-refractivity contribution in [2.75, 3.05) is 13.2 Å². The highest BCUT2D eigenvalue weighted by Gasteiger charge is 2.33. The van der Waals surface area contributed by atoms with E-state index in [0.717, 1.165) is 5.56 Å². The Balaban J connectivity index is 2.16. The Morgan fingerprint density at radius 3 is 2.65 bits per heavy atom. The molecule has 0 saturated carbocycles. The fourth-order valence-electron chi connectivity index (χ4n) is 1.86. The van der Waals surface area contributed by atoms with Gasteiger partial charge in [0, 0.05) is 6.54 Å². The molecule has 0 aromatic heterocycles. The molecule has 0 radical (unpaired) electrons. The third-order valence-electron chi connectivity index (χ3n) is 2.78. The Morgan fingerprint density at radius 2 is 2.00 bits per heavy atom. The minimum absolute atomic E-state index is 0.00215. The van der Waals surface area contributed by atoms with Crippen molar-refractivity contribution in [2.45, 2.75) is 12.6 Å². The van der Waals surface area contributed by atoms with Gasteiger partial charge in [0.25, 0.3) is 0 Å². The predicted molar refractivity (Wildman–Crippen MR) is 60.9 cm³/mol.